The number of amides is 2. The van der Waals surface area contributed by atoms with Gasteiger partial charge in [-0.2, -0.15) is 0 Å². The highest BCUT2D eigenvalue weighted by Gasteiger charge is 2.40. The zero-order chi connectivity index (χ0) is 19.5. The average molecular weight is 376 g/mol. The molecule has 0 aliphatic carbocycles. The van der Waals surface area contributed by atoms with Crippen molar-refractivity contribution < 1.29 is 14.3 Å². The Labute approximate surface area is 165 Å². The van der Waals surface area contributed by atoms with Crippen LogP contribution in [-0.4, -0.2) is 29.0 Å². The maximum absolute atomic E-state index is 12.7. The van der Waals surface area contributed by atoms with E-state index in [1.165, 1.54) is 12.5 Å². The molecule has 2 atom stereocenters. The summed E-state index contributed by atoms with van der Waals surface area (Å²) in [6, 6.07) is 17.9. The van der Waals surface area contributed by atoms with E-state index in [2.05, 4.69) is 17.5 Å². The third kappa shape index (κ3) is 3.93. The second kappa shape index (κ2) is 7.89. The highest BCUT2D eigenvalue weighted by atomic mass is 16.6. The Morgan fingerprint density at radius 2 is 1.93 bits per heavy atom. The van der Waals surface area contributed by atoms with Crippen molar-refractivity contribution in [3.63, 3.8) is 0 Å². The lowest BCUT2D eigenvalue weighted by atomic mass is 9.94. The summed E-state index contributed by atoms with van der Waals surface area (Å²) in [5, 5.41) is 2.83. The number of hydrogen-bond donors (Lipinski definition) is 1. The van der Waals surface area contributed by atoms with Crippen LogP contribution in [0.3, 0.4) is 0 Å². The summed E-state index contributed by atoms with van der Waals surface area (Å²) in [4.78, 5) is 25.9. The molecule has 5 nitrogen and oxygen atoms in total. The number of nitrogens with zero attached hydrogens (tertiary/aromatic N) is 1. The van der Waals surface area contributed by atoms with Crippen molar-refractivity contribution in [2.75, 3.05) is 5.32 Å². The highest BCUT2D eigenvalue weighted by Crippen LogP contribution is 2.39. The monoisotopic (exact) mass is 376 g/mol. The summed E-state index contributed by atoms with van der Waals surface area (Å²) >= 11 is 0. The van der Waals surface area contributed by atoms with Crippen LogP contribution >= 0.6 is 0 Å². The molecule has 2 aromatic carbocycles. The lowest BCUT2D eigenvalue weighted by Gasteiger charge is -2.33. The van der Waals surface area contributed by atoms with Crippen molar-refractivity contribution in [3.05, 3.63) is 71.8 Å². The van der Waals surface area contributed by atoms with Crippen LogP contribution in [0.15, 0.2) is 60.7 Å². The fourth-order valence-electron chi connectivity index (χ4n) is 4.12. The van der Waals surface area contributed by atoms with E-state index in [0.717, 1.165) is 36.1 Å². The van der Waals surface area contributed by atoms with Gasteiger partial charge in [-0.3, -0.25) is 9.69 Å². The molecule has 2 bridgehead atoms. The van der Waals surface area contributed by atoms with Crippen LogP contribution in [0.2, 0.25) is 0 Å². The zero-order valence-corrected chi connectivity index (χ0v) is 15.9. The molecule has 0 radical (unpaired) electrons. The Hall–Kier alpha value is -3.08. The van der Waals surface area contributed by atoms with E-state index in [1.54, 1.807) is 0 Å². The summed E-state index contributed by atoms with van der Waals surface area (Å²) in [7, 11) is 0. The Balaban J connectivity index is 1.46. The molecule has 1 N–H and O–H groups in total. The van der Waals surface area contributed by atoms with Crippen molar-refractivity contribution in [2.24, 2.45) is 0 Å². The lowest BCUT2D eigenvalue weighted by Crippen LogP contribution is -2.43. The van der Waals surface area contributed by atoms with Gasteiger partial charge in [0.15, 0.2) is 0 Å². The van der Waals surface area contributed by atoms with Crippen molar-refractivity contribution in [2.45, 2.75) is 44.9 Å². The third-order valence-electron chi connectivity index (χ3n) is 5.37. The number of carbonyl (C=O) groups excluding carboxylic acids is 2. The van der Waals surface area contributed by atoms with E-state index in [-0.39, 0.29) is 24.1 Å². The molecule has 4 rings (SSSR count). The van der Waals surface area contributed by atoms with Crippen molar-refractivity contribution in [3.8, 4) is 0 Å². The van der Waals surface area contributed by atoms with Crippen LogP contribution in [0.1, 0.15) is 37.3 Å². The van der Waals surface area contributed by atoms with Gasteiger partial charge in [0.05, 0.1) is 6.04 Å². The van der Waals surface area contributed by atoms with Crippen LogP contribution in [-0.2, 0) is 16.1 Å². The number of carbonyl (C=O) groups is 2. The lowest BCUT2D eigenvalue weighted by molar-refractivity contribution is -0.114. The van der Waals surface area contributed by atoms with E-state index in [9.17, 15) is 9.59 Å². The second-order valence-electron chi connectivity index (χ2n) is 7.40. The van der Waals surface area contributed by atoms with Gasteiger partial charge in [0, 0.05) is 18.7 Å². The van der Waals surface area contributed by atoms with Gasteiger partial charge < -0.3 is 10.1 Å². The van der Waals surface area contributed by atoms with Crippen LogP contribution in [0, 0.1) is 0 Å². The summed E-state index contributed by atoms with van der Waals surface area (Å²) in [6.45, 7) is 1.80. The van der Waals surface area contributed by atoms with Crippen molar-refractivity contribution in [1.82, 2.24) is 4.90 Å². The topological polar surface area (TPSA) is 58.6 Å². The van der Waals surface area contributed by atoms with Gasteiger partial charge in [-0.05, 0) is 48.1 Å². The van der Waals surface area contributed by atoms with Gasteiger partial charge in [-0.25, -0.2) is 4.79 Å². The fraction of sp³-hybridized carbons (Fsp3) is 0.304. The molecule has 144 valence electrons. The molecule has 2 aromatic rings. The Kier molecular flexibility index (Phi) is 5.15. The molecule has 0 spiro atoms. The smallest absolute Gasteiger partial charge is 0.410 e. The minimum atomic E-state index is -0.237. The molecule has 2 heterocycles. The third-order valence-corrected chi connectivity index (χ3v) is 5.37. The zero-order valence-electron chi connectivity index (χ0n) is 15.9. The van der Waals surface area contributed by atoms with Crippen LogP contribution in [0.5, 0.6) is 0 Å². The van der Waals surface area contributed by atoms with E-state index < -0.39 is 0 Å². The predicted octanol–water partition coefficient (Wildman–Crippen LogP) is 4.60. The van der Waals surface area contributed by atoms with Crippen LogP contribution in [0.4, 0.5) is 10.5 Å². The van der Waals surface area contributed by atoms with E-state index >= 15 is 0 Å². The molecule has 1 fully saturated rings. The fourth-order valence-corrected chi connectivity index (χ4v) is 4.12. The highest BCUT2D eigenvalue weighted by molar-refractivity contribution is 5.89. The minimum Gasteiger partial charge on any atom is -0.445 e. The first-order valence-corrected chi connectivity index (χ1v) is 9.68. The summed E-state index contributed by atoms with van der Waals surface area (Å²) in [6.07, 6.45) is 4.69. The standard InChI is InChI=1S/C23H24N2O3/c1-16(26)24-20-9-5-8-18(12-20)19-13-21-10-11-22(14-19)25(21)23(27)28-15-17-6-3-2-4-7-17/h2-9,12-13,21-22H,10-11,14-15H2,1H3,(H,24,26). The van der Waals surface area contributed by atoms with E-state index in [4.69, 9.17) is 4.74 Å². The first-order chi connectivity index (χ1) is 13.6. The van der Waals surface area contributed by atoms with Gasteiger partial charge in [-0.1, -0.05) is 48.5 Å². The van der Waals surface area contributed by atoms with Crippen LogP contribution < -0.4 is 5.32 Å². The normalized spacial score (nSPS) is 20.5. The molecule has 28 heavy (non-hydrogen) atoms. The molecule has 2 aliphatic heterocycles. The van der Waals surface area contributed by atoms with Gasteiger partial charge in [0.25, 0.3) is 0 Å². The number of benzene rings is 2. The number of fused-ring (bicyclic) bond motifs is 2. The minimum absolute atomic E-state index is 0.0708. The average Bonchev–Trinajstić information content (AvgIpc) is 2.96. The molecular formula is C23H24N2O3. The Morgan fingerprint density at radius 1 is 1.11 bits per heavy atom. The molecule has 2 amide bonds. The second-order valence-corrected chi connectivity index (χ2v) is 7.40. The quantitative estimate of drug-likeness (QED) is 0.848. The first kappa shape index (κ1) is 18.3. The summed E-state index contributed by atoms with van der Waals surface area (Å²) < 4.78 is 5.56. The Bertz CT molecular complexity index is 907. The number of hydrogen-bond acceptors (Lipinski definition) is 3. The molecule has 0 saturated carbocycles. The molecule has 5 heteroatoms. The Morgan fingerprint density at radius 3 is 2.68 bits per heavy atom. The van der Waals surface area contributed by atoms with Gasteiger partial charge in [0.2, 0.25) is 5.91 Å². The molecule has 2 aliphatic rings. The van der Waals surface area contributed by atoms with Gasteiger partial charge in [0.1, 0.15) is 6.61 Å². The number of ether oxygens (including phenoxy) is 1. The first-order valence-electron chi connectivity index (χ1n) is 9.68. The predicted molar refractivity (Wildman–Crippen MR) is 109 cm³/mol. The molecular weight excluding hydrogens is 352 g/mol. The maximum atomic E-state index is 12.7. The number of anilines is 1. The van der Waals surface area contributed by atoms with Gasteiger partial charge in [-0.15, -0.1) is 0 Å². The number of nitrogens with one attached hydrogen (secondary N) is 1. The largest absolute Gasteiger partial charge is 0.445 e. The van der Waals surface area contributed by atoms with Gasteiger partial charge >= 0.3 is 6.09 Å². The SMILES string of the molecule is CC(=O)Nc1cccc(C2=CC3CCC(C2)N3C(=O)OCc2ccccc2)c1. The van der Waals surface area contributed by atoms with Crippen LogP contribution in [0.25, 0.3) is 5.57 Å². The van der Waals surface area contributed by atoms with Crippen molar-refractivity contribution >= 4 is 23.3 Å². The number of rotatable bonds is 4. The summed E-state index contributed by atoms with van der Waals surface area (Å²) in [5.41, 5.74) is 4.11. The summed E-state index contributed by atoms with van der Waals surface area (Å²) in [5.74, 6) is -0.0813. The molecule has 1 saturated heterocycles. The van der Waals surface area contributed by atoms with E-state index in [1.807, 2.05) is 53.4 Å². The molecule has 2 unspecified atom stereocenters. The van der Waals surface area contributed by atoms with E-state index in [0.29, 0.717) is 6.61 Å². The molecule has 0 aromatic heterocycles. The maximum Gasteiger partial charge on any atom is 0.410 e. The van der Waals surface area contributed by atoms with Crippen molar-refractivity contribution in [1.29, 1.82) is 0 Å².